The van der Waals surface area contributed by atoms with Crippen LogP contribution in [0.4, 0.5) is 4.39 Å². The molecule has 1 aliphatic heterocycles. The molecule has 21 heavy (non-hydrogen) atoms. The van der Waals surface area contributed by atoms with Crippen molar-refractivity contribution >= 4 is 0 Å². The fourth-order valence-electron chi connectivity index (χ4n) is 2.60. The lowest BCUT2D eigenvalue weighted by molar-refractivity contribution is 0.171. The molecule has 3 rings (SSSR count). The Bertz CT molecular complexity index is 630. The summed E-state index contributed by atoms with van der Waals surface area (Å²) in [5.74, 6) is 1.44. The summed E-state index contributed by atoms with van der Waals surface area (Å²) >= 11 is 0. The van der Waals surface area contributed by atoms with Gasteiger partial charge in [0.05, 0.1) is 0 Å². The van der Waals surface area contributed by atoms with E-state index in [2.05, 4.69) is 0 Å². The molecular formula is C17H18FNO2. The summed E-state index contributed by atoms with van der Waals surface area (Å²) in [5, 5.41) is 0. The second-order valence-corrected chi connectivity index (χ2v) is 5.17. The number of halogens is 1. The van der Waals surface area contributed by atoms with E-state index in [4.69, 9.17) is 15.2 Å². The van der Waals surface area contributed by atoms with Crippen LogP contribution in [0.3, 0.4) is 0 Å². The molecule has 0 fully saturated rings. The normalized spacial score (nSPS) is 14.8. The minimum Gasteiger partial charge on any atom is -0.486 e. The van der Waals surface area contributed by atoms with Gasteiger partial charge in [0.2, 0.25) is 0 Å². The Hall–Kier alpha value is -2.07. The smallest absolute Gasteiger partial charge is 0.161 e. The van der Waals surface area contributed by atoms with Crippen molar-refractivity contribution in [3.63, 3.8) is 0 Å². The standard InChI is InChI=1S/C17H18FNO2/c18-15-3-1-2-12(9-15)8-14(11-19)13-4-5-16-17(10-13)21-7-6-20-16/h1-5,9-10,14H,6-8,11,19H2. The van der Waals surface area contributed by atoms with Crippen molar-refractivity contribution in [2.24, 2.45) is 5.73 Å². The molecule has 4 heteroatoms. The van der Waals surface area contributed by atoms with Crippen LogP contribution in [0.25, 0.3) is 0 Å². The van der Waals surface area contributed by atoms with Crippen molar-refractivity contribution in [1.29, 1.82) is 0 Å². The molecule has 2 N–H and O–H groups in total. The zero-order chi connectivity index (χ0) is 14.7. The molecule has 1 unspecified atom stereocenters. The van der Waals surface area contributed by atoms with Gasteiger partial charge in [-0.3, -0.25) is 0 Å². The number of hydrogen-bond donors (Lipinski definition) is 1. The van der Waals surface area contributed by atoms with E-state index < -0.39 is 0 Å². The highest BCUT2D eigenvalue weighted by molar-refractivity contribution is 5.45. The zero-order valence-electron chi connectivity index (χ0n) is 11.7. The zero-order valence-corrected chi connectivity index (χ0v) is 11.7. The Morgan fingerprint density at radius 2 is 1.86 bits per heavy atom. The van der Waals surface area contributed by atoms with Gasteiger partial charge < -0.3 is 15.2 Å². The van der Waals surface area contributed by atoms with Crippen molar-refractivity contribution in [2.45, 2.75) is 12.3 Å². The molecule has 0 amide bonds. The molecule has 1 atom stereocenters. The van der Waals surface area contributed by atoms with Gasteiger partial charge in [0.25, 0.3) is 0 Å². The third kappa shape index (κ3) is 3.16. The summed E-state index contributed by atoms with van der Waals surface area (Å²) in [5.41, 5.74) is 7.93. The monoisotopic (exact) mass is 287 g/mol. The molecule has 0 spiro atoms. The van der Waals surface area contributed by atoms with Gasteiger partial charge in [-0.05, 0) is 48.4 Å². The van der Waals surface area contributed by atoms with Crippen molar-refractivity contribution in [1.82, 2.24) is 0 Å². The van der Waals surface area contributed by atoms with Crippen LogP contribution in [-0.2, 0) is 6.42 Å². The summed E-state index contributed by atoms with van der Waals surface area (Å²) in [6.07, 6.45) is 0.702. The van der Waals surface area contributed by atoms with Gasteiger partial charge in [0.15, 0.2) is 11.5 Å². The maximum Gasteiger partial charge on any atom is 0.161 e. The second kappa shape index (κ2) is 6.14. The highest BCUT2D eigenvalue weighted by Gasteiger charge is 2.16. The van der Waals surface area contributed by atoms with Crippen LogP contribution in [0.15, 0.2) is 42.5 Å². The molecule has 0 radical (unpaired) electrons. The van der Waals surface area contributed by atoms with Crippen LogP contribution in [0.2, 0.25) is 0 Å². The van der Waals surface area contributed by atoms with E-state index in [1.807, 2.05) is 24.3 Å². The number of ether oxygens (including phenoxy) is 2. The van der Waals surface area contributed by atoms with Crippen LogP contribution >= 0.6 is 0 Å². The Kier molecular flexibility index (Phi) is 4.06. The summed E-state index contributed by atoms with van der Waals surface area (Å²) < 4.78 is 24.4. The van der Waals surface area contributed by atoms with Gasteiger partial charge in [-0.1, -0.05) is 18.2 Å². The van der Waals surface area contributed by atoms with Crippen LogP contribution in [-0.4, -0.2) is 19.8 Å². The molecule has 3 nitrogen and oxygen atoms in total. The number of rotatable bonds is 4. The van der Waals surface area contributed by atoms with Crippen molar-refractivity contribution in [2.75, 3.05) is 19.8 Å². The van der Waals surface area contributed by atoms with Crippen LogP contribution in [0, 0.1) is 5.82 Å². The van der Waals surface area contributed by atoms with Gasteiger partial charge in [-0.2, -0.15) is 0 Å². The van der Waals surface area contributed by atoms with E-state index in [9.17, 15) is 4.39 Å². The summed E-state index contributed by atoms with van der Waals surface area (Å²) in [7, 11) is 0. The van der Waals surface area contributed by atoms with E-state index in [0.717, 1.165) is 22.6 Å². The molecule has 110 valence electrons. The van der Waals surface area contributed by atoms with E-state index in [1.165, 1.54) is 6.07 Å². The molecule has 0 saturated heterocycles. The lowest BCUT2D eigenvalue weighted by atomic mass is 9.91. The summed E-state index contributed by atoms with van der Waals surface area (Å²) in [6, 6.07) is 12.5. The first kappa shape index (κ1) is 13.9. The largest absolute Gasteiger partial charge is 0.486 e. The highest BCUT2D eigenvalue weighted by Crippen LogP contribution is 2.33. The predicted octanol–water partition coefficient (Wildman–Crippen LogP) is 2.88. The van der Waals surface area contributed by atoms with Crippen molar-refractivity contribution in [3.05, 3.63) is 59.4 Å². The van der Waals surface area contributed by atoms with Crippen LogP contribution in [0.1, 0.15) is 17.0 Å². The SMILES string of the molecule is NCC(Cc1cccc(F)c1)c1ccc2c(c1)OCCO2. The van der Waals surface area contributed by atoms with Crippen molar-refractivity contribution < 1.29 is 13.9 Å². The molecule has 2 aromatic carbocycles. The first-order valence-electron chi connectivity index (χ1n) is 7.10. The first-order chi connectivity index (χ1) is 10.3. The lowest BCUT2D eigenvalue weighted by Crippen LogP contribution is -2.18. The first-order valence-corrected chi connectivity index (χ1v) is 7.10. The fraction of sp³-hybridized carbons (Fsp3) is 0.294. The third-order valence-corrected chi connectivity index (χ3v) is 3.69. The third-order valence-electron chi connectivity index (χ3n) is 3.69. The van der Waals surface area contributed by atoms with Crippen LogP contribution in [0.5, 0.6) is 11.5 Å². The quantitative estimate of drug-likeness (QED) is 0.940. The Labute approximate surface area is 123 Å². The van der Waals surface area contributed by atoms with Crippen LogP contribution < -0.4 is 15.2 Å². The number of nitrogens with two attached hydrogens (primary N) is 1. The Morgan fingerprint density at radius 1 is 1.05 bits per heavy atom. The Balaban J connectivity index is 1.82. The predicted molar refractivity (Wildman–Crippen MR) is 79.3 cm³/mol. The van der Waals surface area contributed by atoms with Gasteiger partial charge in [0.1, 0.15) is 19.0 Å². The van der Waals surface area contributed by atoms with E-state index in [0.29, 0.717) is 26.2 Å². The lowest BCUT2D eigenvalue weighted by Gasteiger charge is -2.21. The molecule has 1 aliphatic rings. The van der Waals surface area contributed by atoms with E-state index in [-0.39, 0.29) is 11.7 Å². The molecule has 2 aromatic rings. The van der Waals surface area contributed by atoms with Gasteiger partial charge >= 0.3 is 0 Å². The number of hydrogen-bond acceptors (Lipinski definition) is 3. The van der Waals surface area contributed by atoms with Crippen molar-refractivity contribution in [3.8, 4) is 11.5 Å². The molecule has 0 aliphatic carbocycles. The average molecular weight is 287 g/mol. The number of benzene rings is 2. The molecule has 0 saturated carbocycles. The fourth-order valence-corrected chi connectivity index (χ4v) is 2.60. The topological polar surface area (TPSA) is 44.5 Å². The molecule has 0 bridgehead atoms. The molecule has 0 aromatic heterocycles. The highest BCUT2D eigenvalue weighted by atomic mass is 19.1. The minimum atomic E-state index is -0.217. The number of fused-ring (bicyclic) bond motifs is 1. The van der Waals surface area contributed by atoms with E-state index >= 15 is 0 Å². The molecular weight excluding hydrogens is 269 g/mol. The maximum atomic E-state index is 13.3. The van der Waals surface area contributed by atoms with E-state index in [1.54, 1.807) is 12.1 Å². The van der Waals surface area contributed by atoms with Gasteiger partial charge in [-0.25, -0.2) is 4.39 Å². The molecule has 1 heterocycles. The second-order valence-electron chi connectivity index (χ2n) is 5.17. The maximum absolute atomic E-state index is 13.3. The summed E-state index contributed by atoms with van der Waals surface area (Å²) in [4.78, 5) is 0. The minimum absolute atomic E-state index is 0.127. The van der Waals surface area contributed by atoms with Gasteiger partial charge in [-0.15, -0.1) is 0 Å². The Morgan fingerprint density at radius 3 is 2.62 bits per heavy atom. The summed E-state index contributed by atoms with van der Waals surface area (Å²) in [6.45, 7) is 1.64. The average Bonchev–Trinajstić information content (AvgIpc) is 2.52. The van der Waals surface area contributed by atoms with Gasteiger partial charge in [0, 0.05) is 5.92 Å².